The van der Waals surface area contributed by atoms with E-state index in [1.165, 1.54) is 0 Å². The molecule has 0 spiro atoms. The van der Waals surface area contributed by atoms with E-state index in [1.807, 2.05) is 0 Å². The molecule has 32 valence electrons. The second-order valence-electron chi connectivity index (χ2n) is 0.101. The molecule has 0 fully saturated rings. The monoisotopic (exact) mass is 160 g/mol. The molecule has 0 rings (SSSR count). The zero-order chi connectivity index (χ0) is 2.71. The van der Waals surface area contributed by atoms with Crippen molar-refractivity contribution in [1.82, 2.24) is 0 Å². The van der Waals surface area contributed by atoms with Gasteiger partial charge in [-0.3, -0.25) is 0 Å². The standard InChI is InChI=1S/2FH.Mg.2H2O.Zn/h2*1H;;2*1H2;/q;;+2;;;+2/p-4. The third-order valence-corrected chi connectivity index (χ3v) is 0. The zero-order valence-electron chi connectivity index (χ0n) is 3.06. The average Bonchev–Trinajstić information content (AvgIpc) is 0.918. The Kier molecular flexibility index (Phi) is 159. The van der Waals surface area contributed by atoms with E-state index in [4.69, 9.17) is 0 Å². The van der Waals surface area contributed by atoms with E-state index >= 15 is 0 Å². The van der Waals surface area contributed by atoms with Crippen molar-refractivity contribution in [2.24, 2.45) is 0 Å². The largest absolute Gasteiger partial charge is 2.00 e. The molecule has 0 heterocycles. The van der Waals surface area contributed by atoms with Crippen LogP contribution in [0, 0.1) is 0 Å². The molecule has 0 aliphatic heterocycles. The maximum atomic E-state index is 9.81. The van der Waals surface area contributed by atoms with E-state index in [-0.39, 0.29) is 34.0 Å². The number of halogens is 2. The van der Waals surface area contributed by atoms with Crippen LogP contribution in [0.3, 0.4) is 0 Å². The molecule has 6 heavy (non-hydrogen) atoms. The summed E-state index contributed by atoms with van der Waals surface area (Å²) in [5, 5.41) is 0. The molecule has 0 aromatic rings. The van der Waals surface area contributed by atoms with Crippen LogP contribution in [0.4, 0.5) is 6.63 Å². The van der Waals surface area contributed by atoms with E-state index in [0.717, 1.165) is 0 Å². The summed E-state index contributed by atoms with van der Waals surface area (Å²) < 4.78 is 19.6. The van der Waals surface area contributed by atoms with E-state index < -0.39 is 18.1 Å². The Labute approximate surface area is 58.8 Å². The van der Waals surface area contributed by atoms with Gasteiger partial charge in [0.05, 0.1) is 0 Å². The Morgan fingerprint density at radius 2 is 1.00 bits per heavy atom. The first-order valence-corrected chi connectivity index (χ1v) is 2.78. The van der Waals surface area contributed by atoms with Crippen LogP contribution in [-0.4, -0.2) is 34.0 Å². The smallest absolute Gasteiger partial charge is 0.870 e. The zero-order valence-corrected chi connectivity index (χ0v) is 7.45. The van der Waals surface area contributed by atoms with Crippen LogP contribution in [0.2, 0.25) is 0 Å². The molecule has 0 amide bonds. The van der Waals surface area contributed by atoms with Crippen LogP contribution in [0.5, 0.6) is 0 Å². The third-order valence-electron chi connectivity index (χ3n) is 0. The summed E-state index contributed by atoms with van der Waals surface area (Å²) in [5.41, 5.74) is 0. The number of rotatable bonds is 0. The fraction of sp³-hybridized carbons (Fsp3) is 0. The normalized spacial score (nSPS) is 1.67. The summed E-state index contributed by atoms with van der Waals surface area (Å²) in [7, 11) is 0. The first-order chi connectivity index (χ1) is 1.41. The minimum atomic E-state index is -2.88. The molecule has 0 saturated heterocycles. The van der Waals surface area contributed by atoms with Crippen molar-refractivity contribution in [3.8, 4) is 0 Å². The Hall–Kier alpha value is 1.17. The predicted molar refractivity (Wildman–Crippen MR) is 11.8 cm³/mol. The van der Waals surface area contributed by atoms with Crippen molar-refractivity contribution in [2.45, 2.75) is 0 Å². The van der Waals surface area contributed by atoms with Gasteiger partial charge in [-0.2, -0.15) is 0 Å². The summed E-state index contributed by atoms with van der Waals surface area (Å²) in [6.07, 6.45) is 0. The predicted octanol–water partition coefficient (Wildman–Crippen LogP) is 0.104. The molecule has 0 aromatic carbocycles. The Morgan fingerprint density at radius 1 is 1.00 bits per heavy atom. The fourth-order valence-corrected chi connectivity index (χ4v) is 0. The van der Waals surface area contributed by atoms with Gasteiger partial charge in [0.25, 0.3) is 0 Å². The molecular formula is H2F2MgO2Zn. The van der Waals surface area contributed by atoms with Crippen molar-refractivity contribution in [1.29, 1.82) is 0 Å². The minimum Gasteiger partial charge on any atom is -0.870 e. The van der Waals surface area contributed by atoms with Crippen molar-refractivity contribution < 1.29 is 35.7 Å². The number of hydrogen-bond acceptors (Lipinski definition) is 2. The second-order valence-corrected chi connectivity index (χ2v) is 0.525. The van der Waals surface area contributed by atoms with Crippen LogP contribution in [0.1, 0.15) is 0 Å². The van der Waals surface area contributed by atoms with Crippen molar-refractivity contribution in [3.63, 3.8) is 0 Å². The molecule has 0 radical (unpaired) electrons. The van der Waals surface area contributed by atoms with Gasteiger partial charge in [-0.1, -0.05) is 0 Å². The topological polar surface area (TPSA) is 60.0 Å². The summed E-state index contributed by atoms with van der Waals surface area (Å²) in [4.78, 5) is 0. The van der Waals surface area contributed by atoms with Gasteiger partial charge in [-0.15, -0.1) is 0 Å². The number of hydrogen-bond donors (Lipinski definition) is 0. The van der Waals surface area contributed by atoms with Gasteiger partial charge in [0.2, 0.25) is 0 Å². The molecule has 6 heteroatoms. The van der Waals surface area contributed by atoms with Crippen molar-refractivity contribution >= 4 is 23.1 Å². The van der Waals surface area contributed by atoms with Crippen molar-refractivity contribution in [2.75, 3.05) is 0 Å². The molecule has 0 unspecified atom stereocenters. The molecule has 0 aliphatic carbocycles. The van der Waals surface area contributed by atoms with Crippen LogP contribution in [0.15, 0.2) is 0 Å². The van der Waals surface area contributed by atoms with E-state index in [0.29, 0.717) is 0 Å². The molecular weight excluding hydrogens is 160 g/mol. The van der Waals surface area contributed by atoms with Crippen LogP contribution in [-0.2, 0) is 18.1 Å². The molecule has 0 aromatic heterocycles. The third kappa shape index (κ3) is 65.7. The molecule has 0 atom stereocenters. The van der Waals surface area contributed by atoms with Crippen molar-refractivity contribution in [3.05, 3.63) is 0 Å². The van der Waals surface area contributed by atoms with E-state index in [1.54, 1.807) is 0 Å². The van der Waals surface area contributed by atoms with Gasteiger partial charge < -0.3 is 11.0 Å². The van der Waals surface area contributed by atoms with Gasteiger partial charge >= 0.3 is 47.8 Å². The van der Waals surface area contributed by atoms with Crippen LogP contribution < -0.4 is 0 Å². The summed E-state index contributed by atoms with van der Waals surface area (Å²) in [6.45, 7) is 0. The fourth-order valence-electron chi connectivity index (χ4n) is 0. The van der Waals surface area contributed by atoms with Gasteiger partial charge in [-0.25, -0.2) is 0 Å². The van der Waals surface area contributed by atoms with Gasteiger partial charge in [0.15, 0.2) is 0 Å². The maximum absolute atomic E-state index is 9.81. The Bertz CT molecular complexity index is 11.5. The molecule has 0 saturated carbocycles. The Morgan fingerprint density at radius 3 is 1.00 bits per heavy atom. The summed E-state index contributed by atoms with van der Waals surface area (Å²) >= 11 is -2.88. The van der Waals surface area contributed by atoms with E-state index in [9.17, 15) is 6.63 Å². The van der Waals surface area contributed by atoms with Gasteiger partial charge in [0.1, 0.15) is 0 Å². The molecule has 2 N–H and O–H groups in total. The summed E-state index contributed by atoms with van der Waals surface area (Å²) in [6, 6.07) is 0. The molecule has 0 aliphatic rings. The van der Waals surface area contributed by atoms with Gasteiger partial charge in [-0.05, 0) is 0 Å². The second kappa shape index (κ2) is 35.0. The van der Waals surface area contributed by atoms with Crippen LogP contribution >= 0.6 is 0 Å². The SMILES string of the molecule is [F][Zn][F].[Mg+2].[OH-].[OH-]. The Balaban J connectivity index is -0.00000000667. The average molecular weight is 162 g/mol. The first-order valence-electron chi connectivity index (χ1n) is 0.535. The van der Waals surface area contributed by atoms with Crippen LogP contribution in [0.25, 0.3) is 0 Å². The first kappa shape index (κ1) is 27.2. The molecule has 0 bridgehead atoms. The molecule has 2 nitrogen and oxygen atoms in total. The quantitative estimate of drug-likeness (QED) is 0.474. The van der Waals surface area contributed by atoms with Gasteiger partial charge in [0, 0.05) is 0 Å². The minimum absolute atomic E-state index is 0. The van der Waals surface area contributed by atoms with E-state index in [2.05, 4.69) is 0 Å². The maximum Gasteiger partial charge on any atom is 2.00 e. The summed E-state index contributed by atoms with van der Waals surface area (Å²) in [5.74, 6) is 0.